The predicted octanol–water partition coefficient (Wildman–Crippen LogP) is 4.51. The number of hydrogen-bond acceptors (Lipinski definition) is 6. The number of nitrogens with one attached hydrogen (secondary N) is 1. The van der Waals surface area contributed by atoms with Gasteiger partial charge in [-0.3, -0.25) is 14.4 Å². The summed E-state index contributed by atoms with van der Waals surface area (Å²) in [5, 5.41) is 2.81. The molecule has 0 heterocycles. The maximum atomic E-state index is 12.3. The Bertz CT molecular complexity index is 698. The summed E-state index contributed by atoms with van der Waals surface area (Å²) in [6.45, 7) is 9.40. The molecule has 0 aromatic heterocycles. The Kier molecular flexibility index (Phi) is 13.5. The Morgan fingerprint density at radius 2 is 1.56 bits per heavy atom. The highest BCUT2D eigenvalue weighted by atomic mass is 16.6. The number of benzene rings is 1. The lowest BCUT2D eigenvalue weighted by molar-refractivity contribution is -0.162. The van der Waals surface area contributed by atoms with Gasteiger partial charge in [0, 0.05) is 6.92 Å². The lowest BCUT2D eigenvalue weighted by atomic mass is 9.94. The van der Waals surface area contributed by atoms with Crippen molar-refractivity contribution in [2.45, 2.75) is 65.3 Å². The first-order chi connectivity index (χ1) is 15.4. The van der Waals surface area contributed by atoms with Crippen LogP contribution in [0.1, 0.15) is 70.9 Å². The highest BCUT2D eigenvalue weighted by Gasteiger charge is 2.33. The molecule has 1 rings (SSSR count). The quantitative estimate of drug-likeness (QED) is 0.173. The summed E-state index contributed by atoms with van der Waals surface area (Å²) in [6, 6.07) is 6.75. The van der Waals surface area contributed by atoms with E-state index in [1.54, 1.807) is 13.8 Å². The van der Waals surface area contributed by atoms with E-state index in [0.29, 0.717) is 6.61 Å². The molecule has 0 saturated heterocycles. The van der Waals surface area contributed by atoms with Gasteiger partial charge in [-0.25, -0.2) is 0 Å². The van der Waals surface area contributed by atoms with Crippen molar-refractivity contribution in [3.63, 3.8) is 0 Å². The first-order valence-corrected chi connectivity index (χ1v) is 11.4. The third kappa shape index (κ3) is 10.5. The van der Waals surface area contributed by atoms with Crippen LogP contribution >= 0.6 is 0 Å². The van der Waals surface area contributed by atoms with Gasteiger partial charge in [-0.05, 0) is 57.2 Å². The van der Waals surface area contributed by atoms with Crippen molar-refractivity contribution in [2.75, 3.05) is 19.8 Å². The maximum Gasteiger partial charge on any atom is 0.320 e. The van der Waals surface area contributed by atoms with Gasteiger partial charge in [0.05, 0.1) is 25.9 Å². The Hall–Kier alpha value is -2.83. The van der Waals surface area contributed by atoms with Crippen molar-refractivity contribution >= 4 is 17.8 Å². The summed E-state index contributed by atoms with van der Waals surface area (Å²) in [4.78, 5) is 36.4. The summed E-state index contributed by atoms with van der Waals surface area (Å²) in [5.74, 6) is -1.97. The van der Waals surface area contributed by atoms with Crippen molar-refractivity contribution in [3.8, 4) is 5.75 Å². The van der Waals surface area contributed by atoms with Crippen LogP contribution in [0.25, 0.3) is 0 Å². The monoisotopic (exact) mass is 447 g/mol. The zero-order valence-electron chi connectivity index (χ0n) is 19.6. The molecule has 1 atom stereocenters. The topological polar surface area (TPSA) is 90.9 Å². The molecular weight excluding hydrogens is 410 g/mol. The van der Waals surface area contributed by atoms with Gasteiger partial charge in [0.25, 0.3) is 0 Å². The third-order valence-corrected chi connectivity index (χ3v) is 4.84. The molecule has 0 aliphatic carbocycles. The van der Waals surface area contributed by atoms with Crippen molar-refractivity contribution in [1.29, 1.82) is 0 Å². The molecule has 0 fully saturated rings. The van der Waals surface area contributed by atoms with E-state index < -0.39 is 23.9 Å². The van der Waals surface area contributed by atoms with E-state index in [9.17, 15) is 14.4 Å². The zero-order valence-corrected chi connectivity index (χ0v) is 19.6. The fourth-order valence-electron chi connectivity index (χ4n) is 3.26. The summed E-state index contributed by atoms with van der Waals surface area (Å²) < 4.78 is 15.9. The molecule has 7 heteroatoms. The molecule has 7 nitrogen and oxygen atoms in total. The Balaban J connectivity index is 2.78. The molecule has 1 unspecified atom stereocenters. The third-order valence-electron chi connectivity index (χ3n) is 4.84. The predicted molar refractivity (Wildman–Crippen MR) is 123 cm³/mol. The van der Waals surface area contributed by atoms with Crippen LogP contribution in [0.5, 0.6) is 5.75 Å². The van der Waals surface area contributed by atoms with Crippen LogP contribution < -0.4 is 10.1 Å². The van der Waals surface area contributed by atoms with Crippen LogP contribution in [-0.4, -0.2) is 37.7 Å². The standard InChI is InChI=1S/C25H37NO6/c1-5-8-9-10-11-12-17-32-21-15-13-20(14-16-21)23(26-19(4)27)18-22(24(28)30-6-2)25(29)31-7-3/h5,13-16,22-23H,1,6-12,17-18H2,2-4H3,(H,26,27). The van der Waals surface area contributed by atoms with Crippen LogP contribution in [0.4, 0.5) is 0 Å². The van der Waals surface area contributed by atoms with Gasteiger partial charge in [-0.1, -0.05) is 31.1 Å². The summed E-state index contributed by atoms with van der Waals surface area (Å²) in [5.41, 5.74) is 0.760. The van der Waals surface area contributed by atoms with Crippen LogP contribution in [0.3, 0.4) is 0 Å². The van der Waals surface area contributed by atoms with Crippen LogP contribution in [0.15, 0.2) is 36.9 Å². The summed E-state index contributed by atoms with van der Waals surface area (Å²) in [6.07, 6.45) is 7.44. The summed E-state index contributed by atoms with van der Waals surface area (Å²) in [7, 11) is 0. The molecular formula is C25H37NO6. The number of carbonyl (C=O) groups is 3. The zero-order chi connectivity index (χ0) is 23.8. The average Bonchev–Trinajstić information content (AvgIpc) is 2.76. The van der Waals surface area contributed by atoms with Gasteiger partial charge in [0.2, 0.25) is 5.91 Å². The largest absolute Gasteiger partial charge is 0.494 e. The average molecular weight is 448 g/mol. The number of ether oxygens (including phenoxy) is 3. The lowest BCUT2D eigenvalue weighted by Gasteiger charge is -2.23. The van der Waals surface area contributed by atoms with Gasteiger partial charge in [-0.2, -0.15) is 0 Å². The van der Waals surface area contributed by atoms with E-state index in [2.05, 4.69) is 11.9 Å². The highest BCUT2D eigenvalue weighted by Crippen LogP contribution is 2.26. The molecule has 1 aromatic carbocycles. The molecule has 1 amide bonds. The Morgan fingerprint density at radius 1 is 0.969 bits per heavy atom. The fraction of sp³-hybridized carbons (Fsp3) is 0.560. The van der Waals surface area contributed by atoms with Crippen LogP contribution in [-0.2, 0) is 23.9 Å². The van der Waals surface area contributed by atoms with Crippen molar-refractivity contribution < 1.29 is 28.6 Å². The second kappa shape index (κ2) is 15.9. The molecule has 0 aliphatic heterocycles. The number of amides is 1. The van der Waals surface area contributed by atoms with E-state index in [1.807, 2.05) is 30.3 Å². The van der Waals surface area contributed by atoms with Gasteiger partial charge >= 0.3 is 11.9 Å². The van der Waals surface area contributed by atoms with Crippen molar-refractivity contribution in [1.82, 2.24) is 5.32 Å². The normalized spacial score (nSPS) is 11.5. The van der Waals surface area contributed by atoms with E-state index in [4.69, 9.17) is 14.2 Å². The minimum absolute atomic E-state index is 0.0438. The molecule has 0 radical (unpaired) electrons. The minimum Gasteiger partial charge on any atom is -0.494 e. The number of allylic oxidation sites excluding steroid dienone is 1. The molecule has 1 N–H and O–H groups in total. The van der Waals surface area contributed by atoms with Gasteiger partial charge in [0.1, 0.15) is 5.75 Å². The van der Waals surface area contributed by atoms with Crippen molar-refractivity contribution in [2.24, 2.45) is 5.92 Å². The molecule has 1 aromatic rings. The van der Waals surface area contributed by atoms with E-state index in [1.165, 1.54) is 6.92 Å². The molecule has 32 heavy (non-hydrogen) atoms. The smallest absolute Gasteiger partial charge is 0.320 e. The number of esters is 2. The summed E-state index contributed by atoms with van der Waals surface area (Å²) >= 11 is 0. The SMILES string of the molecule is C=CCCCCCCOc1ccc(C(CC(C(=O)OCC)C(=O)OCC)NC(C)=O)cc1. The molecule has 0 aliphatic rings. The van der Waals surface area contributed by atoms with E-state index in [0.717, 1.165) is 43.4 Å². The number of hydrogen-bond donors (Lipinski definition) is 1. The first kappa shape index (κ1) is 27.2. The first-order valence-electron chi connectivity index (χ1n) is 11.4. The Morgan fingerprint density at radius 3 is 2.09 bits per heavy atom. The second-order valence-electron chi connectivity index (χ2n) is 7.45. The molecule has 0 saturated carbocycles. The lowest BCUT2D eigenvalue weighted by Crippen LogP contribution is -2.34. The van der Waals surface area contributed by atoms with Gasteiger partial charge in [0.15, 0.2) is 5.92 Å². The van der Waals surface area contributed by atoms with Crippen LogP contribution in [0, 0.1) is 5.92 Å². The van der Waals surface area contributed by atoms with E-state index >= 15 is 0 Å². The molecule has 178 valence electrons. The fourth-order valence-corrected chi connectivity index (χ4v) is 3.26. The number of rotatable bonds is 16. The van der Waals surface area contributed by atoms with Crippen LogP contribution in [0.2, 0.25) is 0 Å². The van der Waals surface area contributed by atoms with Crippen molar-refractivity contribution in [3.05, 3.63) is 42.5 Å². The highest BCUT2D eigenvalue weighted by molar-refractivity contribution is 5.95. The van der Waals surface area contributed by atoms with Gasteiger partial charge in [-0.15, -0.1) is 6.58 Å². The number of unbranched alkanes of at least 4 members (excludes halogenated alkanes) is 4. The maximum absolute atomic E-state index is 12.3. The number of carbonyl (C=O) groups excluding carboxylic acids is 3. The van der Waals surface area contributed by atoms with E-state index in [-0.39, 0.29) is 25.5 Å². The minimum atomic E-state index is -1.12. The van der Waals surface area contributed by atoms with Gasteiger partial charge < -0.3 is 19.5 Å². The Labute approximate surface area is 191 Å². The second-order valence-corrected chi connectivity index (χ2v) is 7.45. The molecule has 0 bridgehead atoms. The molecule has 0 spiro atoms.